The third-order valence-electron chi connectivity index (χ3n) is 5.20. The average molecular weight is 327 g/mol. The highest BCUT2D eigenvalue weighted by atomic mass is 16.5. The monoisotopic (exact) mass is 327 g/mol. The summed E-state index contributed by atoms with van der Waals surface area (Å²) >= 11 is 0. The van der Waals surface area contributed by atoms with Crippen molar-refractivity contribution in [2.75, 3.05) is 26.7 Å². The van der Waals surface area contributed by atoms with E-state index in [0.717, 1.165) is 22.9 Å². The van der Waals surface area contributed by atoms with Crippen molar-refractivity contribution in [3.63, 3.8) is 0 Å². The highest BCUT2D eigenvalue weighted by molar-refractivity contribution is 5.89. The fraction of sp³-hybridized carbons (Fsp3) is 0.444. The van der Waals surface area contributed by atoms with Crippen molar-refractivity contribution < 1.29 is 14.3 Å². The Morgan fingerprint density at radius 2 is 2.21 bits per heavy atom. The van der Waals surface area contributed by atoms with E-state index in [2.05, 4.69) is 4.98 Å². The molecule has 2 aliphatic heterocycles. The highest BCUT2D eigenvalue weighted by Crippen LogP contribution is 2.24. The Morgan fingerprint density at radius 1 is 1.38 bits per heavy atom. The SMILES string of the molecule is CN1C(=O)CO[C@@H]2CCN(C(=O)Cc3c[nH]c4ccccc34)C[C@@H]21. The minimum Gasteiger partial charge on any atom is -0.366 e. The number of fused-ring (bicyclic) bond motifs is 2. The first-order valence-electron chi connectivity index (χ1n) is 8.33. The topological polar surface area (TPSA) is 65.6 Å². The molecular weight excluding hydrogens is 306 g/mol. The lowest BCUT2D eigenvalue weighted by molar-refractivity contribution is -0.163. The summed E-state index contributed by atoms with van der Waals surface area (Å²) in [6, 6.07) is 7.96. The molecule has 6 heteroatoms. The minimum atomic E-state index is -0.0353. The second-order valence-corrected chi connectivity index (χ2v) is 6.59. The number of hydrogen-bond acceptors (Lipinski definition) is 3. The van der Waals surface area contributed by atoms with Gasteiger partial charge in [0.1, 0.15) is 6.61 Å². The Morgan fingerprint density at radius 3 is 3.08 bits per heavy atom. The van der Waals surface area contributed by atoms with Crippen LogP contribution in [0.3, 0.4) is 0 Å². The van der Waals surface area contributed by atoms with Gasteiger partial charge in [0.15, 0.2) is 0 Å². The first kappa shape index (κ1) is 15.2. The molecule has 0 spiro atoms. The molecule has 0 unspecified atom stereocenters. The molecule has 2 fully saturated rings. The summed E-state index contributed by atoms with van der Waals surface area (Å²) in [6.07, 6.45) is 3.11. The molecule has 0 bridgehead atoms. The number of nitrogens with zero attached hydrogens (tertiary/aromatic N) is 2. The highest BCUT2D eigenvalue weighted by Gasteiger charge is 2.39. The standard InChI is InChI=1S/C18H21N3O3/c1-20-15-10-21(7-6-16(15)24-11-18(20)23)17(22)8-12-9-19-14-5-3-2-4-13(12)14/h2-5,9,15-16,19H,6-8,10-11H2,1H3/t15-,16+/m0/s1. The number of aromatic amines is 1. The number of likely N-dealkylation sites (N-methyl/N-ethyl adjacent to an activating group) is 1. The van der Waals surface area contributed by atoms with E-state index >= 15 is 0 Å². The predicted octanol–water partition coefficient (Wildman–Crippen LogP) is 1.17. The van der Waals surface area contributed by atoms with Crippen LogP contribution < -0.4 is 0 Å². The number of rotatable bonds is 2. The molecule has 126 valence electrons. The molecule has 0 saturated carbocycles. The van der Waals surface area contributed by atoms with E-state index < -0.39 is 0 Å². The van der Waals surface area contributed by atoms with Crippen molar-refractivity contribution in [1.29, 1.82) is 0 Å². The molecule has 24 heavy (non-hydrogen) atoms. The van der Waals surface area contributed by atoms with Crippen LogP contribution in [0.15, 0.2) is 30.5 Å². The van der Waals surface area contributed by atoms with E-state index in [1.54, 1.807) is 11.9 Å². The van der Waals surface area contributed by atoms with Gasteiger partial charge in [-0.25, -0.2) is 0 Å². The van der Waals surface area contributed by atoms with Crippen molar-refractivity contribution in [2.45, 2.75) is 25.0 Å². The lowest BCUT2D eigenvalue weighted by atomic mass is 9.98. The summed E-state index contributed by atoms with van der Waals surface area (Å²) < 4.78 is 5.62. The fourth-order valence-corrected chi connectivity index (χ4v) is 3.72. The zero-order valence-corrected chi connectivity index (χ0v) is 13.7. The van der Waals surface area contributed by atoms with E-state index in [1.807, 2.05) is 35.4 Å². The number of benzene rings is 1. The second-order valence-electron chi connectivity index (χ2n) is 6.59. The summed E-state index contributed by atoms with van der Waals surface area (Å²) in [5.74, 6) is 0.0896. The molecule has 1 aromatic carbocycles. The summed E-state index contributed by atoms with van der Waals surface area (Å²) in [6.45, 7) is 1.39. The molecular formula is C18H21N3O3. The Balaban J connectivity index is 1.48. The molecule has 2 atom stereocenters. The largest absolute Gasteiger partial charge is 0.366 e. The number of H-pyrrole nitrogens is 1. The predicted molar refractivity (Wildman–Crippen MR) is 89.5 cm³/mol. The molecule has 2 amide bonds. The van der Waals surface area contributed by atoms with Crippen molar-refractivity contribution in [3.05, 3.63) is 36.0 Å². The zero-order chi connectivity index (χ0) is 16.7. The van der Waals surface area contributed by atoms with Crippen LogP contribution in [0.1, 0.15) is 12.0 Å². The van der Waals surface area contributed by atoms with E-state index in [1.165, 1.54) is 0 Å². The molecule has 1 aromatic heterocycles. The first-order valence-corrected chi connectivity index (χ1v) is 8.33. The molecule has 6 nitrogen and oxygen atoms in total. The van der Waals surface area contributed by atoms with Gasteiger partial charge in [0.05, 0.1) is 18.6 Å². The maximum atomic E-state index is 12.7. The van der Waals surface area contributed by atoms with Gasteiger partial charge in [0.25, 0.3) is 0 Å². The Kier molecular flexibility index (Phi) is 3.76. The van der Waals surface area contributed by atoms with E-state index in [-0.39, 0.29) is 30.6 Å². The molecule has 0 radical (unpaired) electrons. The lowest BCUT2D eigenvalue weighted by Gasteiger charge is -2.45. The average Bonchev–Trinajstić information content (AvgIpc) is 3.01. The van der Waals surface area contributed by atoms with Crippen LogP contribution in [0.25, 0.3) is 10.9 Å². The Labute approximate surface area is 140 Å². The van der Waals surface area contributed by atoms with Crippen LogP contribution in [0.2, 0.25) is 0 Å². The van der Waals surface area contributed by atoms with Crippen LogP contribution >= 0.6 is 0 Å². The van der Waals surface area contributed by atoms with Crippen LogP contribution in [-0.4, -0.2) is 65.5 Å². The number of nitrogens with one attached hydrogen (secondary N) is 1. The normalized spacial score (nSPS) is 24.3. The molecule has 1 N–H and O–H groups in total. The zero-order valence-electron chi connectivity index (χ0n) is 13.7. The Bertz CT molecular complexity index is 785. The van der Waals surface area contributed by atoms with Crippen LogP contribution in [0.5, 0.6) is 0 Å². The van der Waals surface area contributed by atoms with Crippen molar-refractivity contribution in [2.24, 2.45) is 0 Å². The quantitative estimate of drug-likeness (QED) is 0.900. The van der Waals surface area contributed by atoms with Crippen molar-refractivity contribution >= 4 is 22.7 Å². The number of amides is 2. The van der Waals surface area contributed by atoms with Crippen LogP contribution in [0, 0.1) is 0 Å². The number of piperidine rings is 1. The van der Waals surface area contributed by atoms with Gasteiger partial charge < -0.3 is 19.5 Å². The molecule has 2 aromatic rings. The third-order valence-corrected chi connectivity index (χ3v) is 5.20. The second kappa shape index (κ2) is 5.94. The van der Waals surface area contributed by atoms with Gasteiger partial charge in [-0.05, 0) is 18.1 Å². The van der Waals surface area contributed by atoms with E-state index in [9.17, 15) is 9.59 Å². The van der Waals surface area contributed by atoms with Gasteiger partial charge in [-0.1, -0.05) is 18.2 Å². The molecule has 3 heterocycles. The van der Waals surface area contributed by atoms with Gasteiger partial charge >= 0.3 is 0 Å². The first-order chi connectivity index (χ1) is 11.6. The number of ether oxygens (including phenoxy) is 1. The number of carbonyl (C=O) groups excluding carboxylic acids is 2. The molecule has 2 aliphatic rings. The van der Waals surface area contributed by atoms with E-state index in [4.69, 9.17) is 4.74 Å². The minimum absolute atomic E-state index is 0.0119. The lowest BCUT2D eigenvalue weighted by Crippen LogP contribution is -2.61. The van der Waals surface area contributed by atoms with Gasteiger partial charge in [-0.3, -0.25) is 9.59 Å². The molecule has 0 aliphatic carbocycles. The summed E-state index contributed by atoms with van der Waals surface area (Å²) in [5.41, 5.74) is 2.06. The van der Waals surface area contributed by atoms with Gasteiger partial charge in [0.2, 0.25) is 11.8 Å². The summed E-state index contributed by atoms with van der Waals surface area (Å²) in [4.78, 5) is 31.4. The van der Waals surface area contributed by atoms with Crippen molar-refractivity contribution in [1.82, 2.24) is 14.8 Å². The maximum Gasteiger partial charge on any atom is 0.248 e. The van der Waals surface area contributed by atoms with Crippen molar-refractivity contribution in [3.8, 4) is 0 Å². The number of carbonyl (C=O) groups is 2. The third kappa shape index (κ3) is 2.57. The van der Waals surface area contributed by atoms with Gasteiger partial charge in [0, 0.05) is 37.2 Å². The summed E-state index contributed by atoms with van der Waals surface area (Å²) in [7, 11) is 1.80. The van der Waals surface area contributed by atoms with Crippen LogP contribution in [-0.2, 0) is 20.7 Å². The number of para-hydroxylation sites is 1. The van der Waals surface area contributed by atoms with Gasteiger partial charge in [-0.2, -0.15) is 0 Å². The maximum absolute atomic E-state index is 12.7. The molecule has 2 saturated heterocycles. The fourth-order valence-electron chi connectivity index (χ4n) is 3.72. The number of hydrogen-bond donors (Lipinski definition) is 1. The van der Waals surface area contributed by atoms with Crippen LogP contribution in [0.4, 0.5) is 0 Å². The smallest absolute Gasteiger partial charge is 0.248 e. The number of likely N-dealkylation sites (tertiary alicyclic amines) is 1. The number of morpholine rings is 1. The van der Waals surface area contributed by atoms with Gasteiger partial charge in [-0.15, -0.1) is 0 Å². The Hall–Kier alpha value is -2.34. The number of aromatic nitrogens is 1. The van der Waals surface area contributed by atoms with E-state index in [0.29, 0.717) is 19.5 Å². The summed E-state index contributed by atoms with van der Waals surface area (Å²) in [5, 5.41) is 1.09. The molecule has 4 rings (SSSR count).